The first-order valence-electron chi connectivity index (χ1n) is 11.8. The van der Waals surface area contributed by atoms with Crippen molar-refractivity contribution in [2.45, 2.75) is 13.0 Å². The van der Waals surface area contributed by atoms with Crippen molar-refractivity contribution >= 4 is 29.1 Å². The van der Waals surface area contributed by atoms with Crippen molar-refractivity contribution in [3.63, 3.8) is 0 Å². The van der Waals surface area contributed by atoms with Crippen LogP contribution in [0.15, 0.2) is 88.8 Å². The number of aromatic nitrogens is 1. The fourth-order valence-electron chi connectivity index (χ4n) is 4.11. The van der Waals surface area contributed by atoms with Crippen LogP contribution in [-0.2, 0) is 9.53 Å². The van der Waals surface area contributed by atoms with Gasteiger partial charge in [0.15, 0.2) is 16.3 Å². The number of rotatable bonds is 10. The van der Waals surface area contributed by atoms with Gasteiger partial charge in [-0.25, -0.2) is 9.79 Å². The van der Waals surface area contributed by atoms with Crippen LogP contribution in [0.2, 0.25) is 0 Å². The normalized spacial score (nSPS) is 14.7. The van der Waals surface area contributed by atoms with Gasteiger partial charge in [0.2, 0.25) is 0 Å². The van der Waals surface area contributed by atoms with E-state index in [-0.39, 0.29) is 24.5 Å². The Hall–Kier alpha value is -4.77. The lowest BCUT2D eigenvalue weighted by atomic mass is 9.95. The molecule has 11 heteroatoms. The predicted octanol–water partition coefficient (Wildman–Crippen LogP) is 3.45. The lowest BCUT2D eigenvalue weighted by Gasteiger charge is -2.25. The van der Waals surface area contributed by atoms with Gasteiger partial charge in [0.05, 0.1) is 33.9 Å². The maximum atomic E-state index is 13.8. The second kappa shape index (κ2) is 11.7. The molecule has 1 aliphatic rings. The second-order valence-corrected chi connectivity index (χ2v) is 9.34. The number of fused-ring (bicyclic) bond motifs is 1. The highest BCUT2D eigenvalue weighted by atomic mass is 32.1. The zero-order chi connectivity index (χ0) is 28.1. The Balaban J connectivity index is 1.93. The van der Waals surface area contributed by atoms with E-state index in [9.17, 15) is 19.7 Å². The number of hydrogen-bond acceptors (Lipinski definition) is 9. The summed E-state index contributed by atoms with van der Waals surface area (Å²) < 4.78 is 18.3. The number of non-ortho nitro benzene ring substituents is 1. The van der Waals surface area contributed by atoms with Crippen molar-refractivity contribution < 1.29 is 23.9 Å². The van der Waals surface area contributed by atoms with Gasteiger partial charge >= 0.3 is 5.97 Å². The van der Waals surface area contributed by atoms with E-state index in [0.717, 1.165) is 11.3 Å². The minimum absolute atomic E-state index is 0.0167. The minimum atomic E-state index is -0.881. The summed E-state index contributed by atoms with van der Waals surface area (Å²) in [6, 6.07) is 10.2. The number of allylic oxidation sites excluding steroid dienone is 1. The number of nitrogens with zero attached hydrogens (tertiary/aromatic N) is 3. The third-order valence-corrected chi connectivity index (χ3v) is 6.80. The molecular formula is C28H25N3O7S. The standard InChI is InChI=1S/C28H25N3O7S/c1-5-12-37-21-11-10-19(16-22(21)36-4)25-24(27(33)38-13-6-2)17(3)29-28-30(25)26(32)23(39-28)15-18-8-7-9-20(14-18)31(34)35/h5-11,14-16,25H,1-2,12-13H2,3-4H3/b23-15-. The molecule has 10 nitrogen and oxygen atoms in total. The minimum Gasteiger partial charge on any atom is -0.493 e. The van der Waals surface area contributed by atoms with Gasteiger partial charge in [-0.3, -0.25) is 19.5 Å². The molecule has 1 unspecified atom stereocenters. The van der Waals surface area contributed by atoms with E-state index in [1.807, 2.05) is 0 Å². The summed E-state index contributed by atoms with van der Waals surface area (Å²) in [5, 5.41) is 11.2. The second-order valence-electron chi connectivity index (χ2n) is 8.33. The summed E-state index contributed by atoms with van der Waals surface area (Å²) in [5.74, 6) is 0.234. The maximum absolute atomic E-state index is 13.8. The molecular weight excluding hydrogens is 522 g/mol. The van der Waals surface area contributed by atoms with Gasteiger partial charge < -0.3 is 14.2 Å². The molecule has 1 atom stereocenters. The molecule has 0 aliphatic carbocycles. The van der Waals surface area contributed by atoms with Crippen LogP contribution in [0.5, 0.6) is 11.5 Å². The van der Waals surface area contributed by atoms with Gasteiger partial charge in [0, 0.05) is 12.1 Å². The first-order valence-corrected chi connectivity index (χ1v) is 12.6. The number of hydrogen-bond donors (Lipinski definition) is 0. The highest BCUT2D eigenvalue weighted by molar-refractivity contribution is 7.07. The third kappa shape index (κ3) is 5.58. The summed E-state index contributed by atoms with van der Waals surface area (Å²) >= 11 is 1.12. The maximum Gasteiger partial charge on any atom is 0.338 e. The molecule has 4 rings (SSSR count). The fourth-order valence-corrected chi connectivity index (χ4v) is 5.16. The number of methoxy groups -OCH3 is 1. The van der Waals surface area contributed by atoms with Gasteiger partial charge in [-0.15, -0.1) is 0 Å². The molecule has 3 aromatic rings. The molecule has 0 saturated heterocycles. The number of carbonyl (C=O) groups is 1. The highest BCUT2D eigenvalue weighted by Gasteiger charge is 2.34. The van der Waals surface area contributed by atoms with Gasteiger partial charge in [0.1, 0.15) is 13.2 Å². The van der Waals surface area contributed by atoms with Crippen LogP contribution >= 0.6 is 11.3 Å². The Kier molecular flexibility index (Phi) is 8.21. The molecule has 1 aromatic heterocycles. The van der Waals surface area contributed by atoms with E-state index in [0.29, 0.717) is 37.7 Å². The molecule has 0 fully saturated rings. The molecule has 0 spiro atoms. The van der Waals surface area contributed by atoms with E-state index in [2.05, 4.69) is 18.2 Å². The van der Waals surface area contributed by atoms with E-state index >= 15 is 0 Å². The summed E-state index contributed by atoms with van der Waals surface area (Å²) in [6.07, 6.45) is 4.62. The summed E-state index contributed by atoms with van der Waals surface area (Å²) in [6.45, 7) is 9.16. The van der Waals surface area contributed by atoms with E-state index in [1.54, 1.807) is 49.4 Å². The smallest absolute Gasteiger partial charge is 0.338 e. The van der Waals surface area contributed by atoms with Crippen molar-refractivity contribution in [3.05, 3.63) is 120 Å². The monoisotopic (exact) mass is 547 g/mol. The molecule has 39 heavy (non-hydrogen) atoms. The Labute approximate surface area is 227 Å². The zero-order valence-corrected chi connectivity index (χ0v) is 22.1. The summed E-state index contributed by atoms with van der Waals surface area (Å²) in [4.78, 5) is 42.6. The molecule has 0 radical (unpaired) electrons. The highest BCUT2D eigenvalue weighted by Crippen LogP contribution is 2.36. The van der Waals surface area contributed by atoms with Crippen molar-refractivity contribution in [1.82, 2.24) is 4.57 Å². The molecule has 200 valence electrons. The Morgan fingerprint density at radius 1 is 1.18 bits per heavy atom. The Bertz CT molecular complexity index is 1680. The lowest BCUT2D eigenvalue weighted by molar-refractivity contribution is -0.384. The average Bonchev–Trinajstić information content (AvgIpc) is 3.23. The first kappa shape index (κ1) is 27.3. The van der Waals surface area contributed by atoms with Crippen LogP contribution in [0, 0.1) is 10.1 Å². The topological polar surface area (TPSA) is 122 Å². The molecule has 1 aliphatic heterocycles. The van der Waals surface area contributed by atoms with Crippen LogP contribution in [0.1, 0.15) is 24.1 Å². The van der Waals surface area contributed by atoms with Gasteiger partial charge in [0.25, 0.3) is 11.2 Å². The van der Waals surface area contributed by atoms with Crippen molar-refractivity contribution in [2.24, 2.45) is 4.99 Å². The van der Waals surface area contributed by atoms with Crippen molar-refractivity contribution in [2.75, 3.05) is 20.3 Å². The van der Waals surface area contributed by atoms with Crippen LogP contribution in [-0.4, -0.2) is 35.8 Å². The SMILES string of the molecule is C=CCOC(=O)C1=C(C)N=c2s/c(=C\c3cccc([N+](=O)[O-])c3)c(=O)n2C1c1ccc(OCC=C)c(OC)c1. The van der Waals surface area contributed by atoms with Gasteiger partial charge in [-0.1, -0.05) is 54.8 Å². The molecule has 2 heterocycles. The van der Waals surface area contributed by atoms with E-state index in [4.69, 9.17) is 14.2 Å². The lowest BCUT2D eigenvalue weighted by Crippen LogP contribution is -2.40. The largest absolute Gasteiger partial charge is 0.493 e. The quantitative estimate of drug-likeness (QED) is 0.165. The number of thiazole rings is 1. The summed E-state index contributed by atoms with van der Waals surface area (Å²) in [7, 11) is 1.49. The number of carbonyl (C=O) groups excluding carboxylic acids is 1. The van der Waals surface area contributed by atoms with Gasteiger partial charge in [-0.2, -0.15) is 0 Å². The average molecular weight is 548 g/mol. The number of benzene rings is 2. The number of nitro groups is 1. The molecule has 2 aromatic carbocycles. The van der Waals surface area contributed by atoms with E-state index < -0.39 is 22.5 Å². The third-order valence-electron chi connectivity index (χ3n) is 5.81. The molecule has 0 saturated carbocycles. The van der Waals surface area contributed by atoms with Crippen LogP contribution in [0.4, 0.5) is 5.69 Å². The zero-order valence-electron chi connectivity index (χ0n) is 21.3. The van der Waals surface area contributed by atoms with Crippen molar-refractivity contribution in [3.8, 4) is 11.5 Å². The van der Waals surface area contributed by atoms with Crippen LogP contribution in [0.3, 0.4) is 0 Å². The number of nitro benzene ring substituents is 1. The van der Waals surface area contributed by atoms with Gasteiger partial charge in [-0.05, 0) is 36.3 Å². The van der Waals surface area contributed by atoms with Crippen LogP contribution in [0.25, 0.3) is 6.08 Å². The van der Waals surface area contributed by atoms with E-state index in [1.165, 1.54) is 29.9 Å². The number of ether oxygens (including phenoxy) is 3. The number of esters is 1. The first-order chi connectivity index (χ1) is 18.8. The molecule has 0 N–H and O–H groups in total. The Morgan fingerprint density at radius 3 is 2.64 bits per heavy atom. The van der Waals surface area contributed by atoms with Crippen LogP contribution < -0.4 is 24.4 Å². The molecule has 0 bridgehead atoms. The summed E-state index contributed by atoms with van der Waals surface area (Å²) in [5.41, 5.74) is 1.13. The Morgan fingerprint density at radius 2 is 1.95 bits per heavy atom. The predicted molar refractivity (Wildman–Crippen MR) is 147 cm³/mol. The molecule has 0 amide bonds. The fraction of sp³-hybridized carbons (Fsp3) is 0.179. The van der Waals surface area contributed by atoms with Crippen molar-refractivity contribution in [1.29, 1.82) is 0 Å².